The molecule has 0 atom stereocenters. The predicted molar refractivity (Wildman–Crippen MR) is 138 cm³/mol. The largest absolute Gasteiger partial charge is 0.377 e. The van der Waals surface area contributed by atoms with Crippen LogP contribution in [0, 0.1) is 6.92 Å². The molecule has 0 amide bonds. The van der Waals surface area contributed by atoms with Crippen LogP contribution in [0.3, 0.4) is 0 Å². The Balaban J connectivity index is 0.00000212. The molecule has 2 aromatic heterocycles. The summed E-state index contributed by atoms with van der Waals surface area (Å²) in [5.74, 6) is 0. The smallest absolute Gasteiger partial charge is 0.127 e. The third-order valence-corrected chi connectivity index (χ3v) is 4.84. The van der Waals surface area contributed by atoms with Crippen LogP contribution in [-0.4, -0.2) is 45.0 Å². The molecule has 0 saturated carbocycles. The average molecular weight is 445 g/mol. The molecule has 0 aromatic carbocycles. The summed E-state index contributed by atoms with van der Waals surface area (Å²) in [6.45, 7) is 12.8. The SMILES string of the molecule is C/C=C\CN/N=C\C/C=C(\C)NC=Nc1c(C)sc2nccc(N(C)C)c12.C=O.CC. The van der Waals surface area contributed by atoms with Gasteiger partial charge in [-0.2, -0.15) is 5.10 Å². The molecule has 2 heterocycles. The van der Waals surface area contributed by atoms with Crippen molar-refractivity contribution in [1.29, 1.82) is 0 Å². The molecule has 31 heavy (non-hydrogen) atoms. The molecule has 2 rings (SSSR count). The summed E-state index contributed by atoms with van der Waals surface area (Å²) in [5.41, 5.74) is 6.09. The average Bonchev–Trinajstić information content (AvgIpc) is 3.11. The van der Waals surface area contributed by atoms with Crippen molar-refractivity contribution < 1.29 is 4.79 Å². The third kappa shape index (κ3) is 9.57. The number of nitrogens with zero attached hydrogens (tertiary/aromatic N) is 4. The number of carbonyl (C=O) groups excluding carboxylic acids is 1. The maximum atomic E-state index is 8.00. The van der Waals surface area contributed by atoms with Crippen LogP contribution in [-0.2, 0) is 4.79 Å². The zero-order chi connectivity index (χ0) is 23.6. The van der Waals surface area contributed by atoms with Crippen LogP contribution in [0.2, 0.25) is 0 Å². The van der Waals surface area contributed by atoms with Crippen LogP contribution in [0.4, 0.5) is 11.4 Å². The van der Waals surface area contributed by atoms with Crippen LogP contribution in [0.15, 0.2) is 46.3 Å². The first-order valence-corrected chi connectivity index (χ1v) is 11.0. The number of thiophene rings is 1. The summed E-state index contributed by atoms with van der Waals surface area (Å²) in [5, 5.41) is 8.45. The molecular weight excluding hydrogens is 408 g/mol. The molecule has 0 saturated heterocycles. The van der Waals surface area contributed by atoms with E-state index in [0.29, 0.717) is 0 Å². The molecule has 7 nitrogen and oxygen atoms in total. The summed E-state index contributed by atoms with van der Waals surface area (Å²) in [6.07, 6.45) is 12.3. The quantitative estimate of drug-likeness (QED) is 0.182. The zero-order valence-corrected chi connectivity index (χ0v) is 20.6. The van der Waals surface area contributed by atoms with E-state index in [1.165, 1.54) is 0 Å². The maximum absolute atomic E-state index is 8.00. The number of aliphatic imine (C=N–C) groups is 1. The zero-order valence-electron chi connectivity index (χ0n) is 19.8. The van der Waals surface area contributed by atoms with Crippen LogP contribution in [0.25, 0.3) is 10.2 Å². The fourth-order valence-electron chi connectivity index (χ4n) is 2.46. The van der Waals surface area contributed by atoms with E-state index < -0.39 is 0 Å². The van der Waals surface area contributed by atoms with Crippen LogP contribution >= 0.6 is 11.3 Å². The minimum atomic E-state index is 0.748. The number of nitrogens with one attached hydrogen (secondary N) is 2. The Bertz CT molecular complexity index is 884. The molecule has 0 aliphatic carbocycles. The van der Waals surface area contributed by atoms with Gasteiger partial charge in [-0.05, 0) is 26.8 Å². The second-order valence-corrected chi connectivity index (χ2v) is 7.38. The van der Waals surface area contributed by atoms with Gasteiger partial charge in [0.05, 0.1) is 29.6 Å². The molecule has 0 fully saturated rings. The number of hydrogen-bond donors (Lipinski definition) is 2. The molecule has 2 N–H and O–H groups in total. The molecule has 0 radical (unpaired) electrons. The van der Waals surface area contributed by atoms with Crippen molar-refractivity contribution in [3.05, 3.63) is 41.1 Å². The molecule has 0 aliphatic heterocycles. The number of carbonyl (C=O) groups is 1. The Morgan fingerprint density at radius 3 is 2.68 bits per heavy atom. The predicted octanol–water partition coefficient (Wildman–Crippen LogP) is 5.21. The fourth-order valence-corrected chi connectivity index (χ4v) is 3.42. The Morgan fingerprint density at radius 1 is 1.32 bits per heavy atom. The van der Waals surface area contributed by atoms with Gasteiger partial charge in [-0.25, -0.2) is 9.98 Å². The molecule has 8 heteroatoms. The van der Waals surface area contributed by atoms with Crippen molar-refractivity contribution in [2.75, 3.05) is 25.5 Å². The first-order valence-electron chi connectivity index (χ1n) is 10.2. The lowest BCUT2D eigenvalue weighted by Gasteiger charge is -2.13. The highest BCUT2D eigenvalue weighted by Crippen LogP contribution is 2.40. The molecule has 0 unspecified atom stereocenters. The maximum Gasteiger partial charge on any atom is 0.127 e. The van der Waals surface area contributed by atoms with Crippen molar-refractivity contribution in [3.63, 3.8) is 0 Å². The van der Waals surface area contributed by atoms with E-state index in [0.717, 1.165) is 45.1 Å². The van der Waals surface area contributed by atoms with Crippen molar-refractivity contribution in [2.24, 2.45) is 10.1 Å². The number of anilines is 1. The monoisotopic (exact) mass is 444 g/mol. The van der Waals surface area contributed by atoms with E-state index >= 15 is 0 Å². The highest BCUT2D eigenvalue weighted by atomic mass is 32.1. The van der Waals surface area contributed by atoms with Crippen molar-refractivity contribution in [3.8, 4) is 0 Å². The number of rotatable bonds is 9. The van der Waals surface area contributed by atoms with E-state index in [1.807, 2.05) is 79.2 Å². The number of aromatic nitrogens is 1. The van der Waals surface area contributed by atoms with Gasteiger partial charge in [0.1, 0.15) is 11.6 Å². The second kappa shape index (κ2) is 16.8. The molecule has 0 spiro atoms. The normalized spacial score (nSPS) is 11.4. The van der Waals surface area contributed by atoms with Gasteiger partial charge >= 0.3 is 0 Å². The molecule has 0 aliphatic rings. The standard InChI is InChI=1S/C20H28N6S.C2H6.CH2O/c1-6-7-11-24-25-12-8-9-15(2)22-14-23-19-16(3)27-20-18(19)17(26(4)5)10-13-21-20;2*1-2/h6-7,9-10,12-14,24H,8,11H2,1-5H3,(H,22,23);1-2H3;1H2/b7-6-,15-9+,25-12-;;. The number of allylic oxidation sites excluding steroid dienone is 3. The summed E-state index contributed by atoms with van der Waals surface area (Å²) < 4.78 is 0. The summed E-state index contributed by atoms with van der Waals surface area (Å²) in [4.78, 5) is 21.4. The Labute approximate surface area is 190 Å². The number of hydrazone groups is 1. The van der Waals surface area contributed by atoms with Gasteiger partial charge in [0.2, 0.25) is 0 Å². The molecule has 170 valence electrons. The van der Waals surface area contributed by atoms with Gasteiger partial charge in [0.15, 0.2) is 0 Å². The highest BCUT2D eigenvalue weighted by molar-refractivity contribution is 7.19. The van der Waals surface area contributed by atoms with Gasteiger partial charge in [-0.1, -0.05) is 32.1 Å². The minimum absolute atomic E-state index is 0.748. The van der Waals surface area contributed by atoms with Gasteiger partial charge in [0, 0.05) is 43.5 Å². The van der Waals surface area contributed by atoms with Crippen LogP contribution < -0.4 is 15.6 Å². The van der Waals surface area contributed by atoms with Crippen molar-refractivity contribution in [2.45, 2.75) is 41.0 Å². The summed E-state index contributed by atoms with van der Waals surface area (Å²) in [6, 6.07) is 2.02. The number of pyridine rings is 1. The molecule has 2 aromatic rings. The Kier molecular flexibility index (Phi) is 15.1. The van der Waals surface area contributed by atoms with E-state index in [9.17, 15) is 0 Å². The first-order chi connectivity index (χ1) is 15.0. The van der Waals surface area contributed by atoms with Crippen LogP contribution in [0.1, 0.15) is 39.0 Å². The van der Waals surface area contributed by atoms with Crippen LogP contribution in [0.5, 0.6) is 0 Å². The Hall–Kier alpha value is -3.00. The Morgan fingerprint density at radius 2 is 2.03 bits per heavy atom. The number of aryl methyl sites for hydroxylation is 1. The van der Waals surface area contributed by atoms with Gasteiger partial charge in [0.25, 0.3) is 0 Å². The lowest BCUT2D eigenvalue weighted by molar-refractivity contribution is -0.0979. The molecular formula is C23H36N6OS. The van der Waals surface area contributed by atoms with Crippen molar-refractivity contribution >= 4 is 52.3 Å². The van der Waals surface area contributed by atoms with Gasteiger partial charge < -0.3 is 20.4 Å². The summed E-state index contributed by atoms with van der Waals surface area (Å²) >= 11 is 1.67. The second-order valence-electron chi connectivity index (χ2n) is 6.18. The van der Waals surface area contributed by atoms with Crippen molar-refractivity contribution in [1.82, 2.24) is 15.7 Å². The van der Waals surface area contributed by atoms with E-state index in [-0.39, 0.29) is 0 Å². The summed E-state index contributed by atoms with van der Waals surface area (Å²) in [7, 11) is 4.07. The third-order valence-electron chi connectivity index (χ3n) is 3.84. The fraction of sp³-hybridized carbons (Fsp3) is 0.391. The van der Waals surface area contributed by atoms with E-state index in [2.05, 4.69) is 43.7 Å². The number of hydrogen-bond acceptors (Lipinski definition) is 7. The minimum Gasteiger partial charge on any atom is -0.377 e. The molecule has 0 bridgehead atoms. The lowest BCUT2D eigenvalue weighted by atomic mass is 10.2. The first kappa shape index (κ1) is 28.0. The lowest BCUT2D eigenvalue weighted by Crippen LogP contribution is -2.09. The van der Waals surface area contributed by atoms with Gasteiger partial charge in [-0.15, -0.1) is 11.3 Å². The topological polar surface area (TPSA) is 82.0 Å². The van der Waals surface area contributed by atoms with E-state index in [1.54, 1.807) is 17.7 Å². The van der Waals surface area contributed by atoms with E-state index in [4.69, 9.17) is 4.79 Å². The number of fused-ring (bicyclic) bond motifs is 1. The van der Waals surface area contributed by atoms with Gasteiger partial charge in [-0.3, -0.25) is 0 Å². The highest BCUT2D eigenvalue weighted by Gasteiger charge is 2.14.